The summed E-state index contributed by atoms with van der Waals surface area (Å²) in [6, 6.07) is 3.99. The largest absolute Gasteiger partial charge is 0.507 e. The second-order valence-corrected chi connectivity index (χ2v) is 5.10. The summed E-state index contributed by atoms with van der Waals surface area (Å²) in [4.78, 5) is 45.4. The van der Waals surface area contributed by atoms with Gasteiger partial charge in [-0.1, -0.05) is 18.2 Å². The number of rotatable bonds is 6. The van der Waals surface area contributed by atoms with Gasteiger partial charge in [-0.05, 0) is 18.6 Å². The molecule has 1 aromatic rings. The van der Waals surface area contributed by atoms with Gasteiger partial charge in [-0.25, -0.2) is 0 Å². The number of allylic oxidation sites excluding steroid dienone is 2. The van der Waals surface area contributed by atoms with Crippen LogP contribution in [0.4, 0.5) is 0 Å². The van der Waals surface area contributed by atoms with E-state index in [0.717, 1.165) is 0 Å². The lowest BCUT2D eigenvalue weighted by molar-refractivity contribution is -0.151. The number of carboxylic acids is 1. The second-order valence-electron chi connectivity index (χ2n) is 5.10. The van der Waals surface area contributed by atoms with E-state index in [1.54, 1.807) is 0 Å². The van der Waals surface area contributed by atoms with Crippen LogP contribution in [0, 0.1) is 0 Å². The molecule has 0 fully saturated rings. The number of ether oxygens (including phenoxy) is 1. The van der Waals surface area contributed by atoms with Crippen LogP contribution in [-0.4, -0.2) is 45.4 Å². The van der Waals surface area contributed by atoms with Crippen LogP contribution >= 0.6 is 0 Å². The van der Waals surface area contributed by atoms with Gasteiger partial charge in [0.25, 0.3) is 0 Å². The van der Waals surface area contributed by atoms with Crippen LogP contribution in [0.15, 0.2) is 35.9 Å². The average molecular weight is 346 g/mol. The van der Waals surface area contributed by atoms with E-state index in [1.807, 2.05) is 0 Å². The van der Waals surface area contributed by atoms with Crippen LogP contribution in [0.5, 0.6) is 5.75 Å². The van der Waals surface area contributed by atoms with E-state index >= 15 is 0 Å². The molecular weight excluding hydrogens is 332 g/mol. The summed E-state index contributed by atoms with van der Waals surface area (Å²) < 4.78 is 4.65. The molecule has 25 heavy (non-hydrogen) atoms. The first-order chi connectivity index (χ1) is 11.8. The fourth-order valence-corrected chi connectivity index (χ4v) is 2.24. The van der Waals surface area contributed by atoms with Crippen molar-refractivity contribution in [2.75, 3.05) is 6.61 Å². The molecule has 130 valence electrons. The van der Waals surface area contributed by atoms with Crippen molar-refractivity contribution in [3.63, 3.8) is 0 Å². The van der Waals surface area contributed by atoms with E-state index in [4.69, 9.17) is 5.11 Å². The van der Waals surface area contributed by atoms with Crippen molar-refractivity contribution < 1.29 is 39.2 Å². The third-order valence-electron chi connectivity index (χ3n) is 3.36. The van der Waals surface area contributed by atoms with E-state index in [1.165, 1.54) is 30.4 Å². The number of fused-ring (bicyclic) bond motifs is 1. The number of benzene rings is 1. The summed E-state index contributed by atoms with van der Waals surface area (Å²) >= 11 is 0. The Morgan fingerprint density at radius 3 is 2.52 bits per heavy atom. The molecule has 0 atom stereocenters. The Morgan fingerprint density at radius 1 is 1.12 bits per heavy atom. The summed E-state index contributed by atoms with van der Waals surface area (Å²) in [6.45, 7) is -0.124. The molecule has 1 aromatic carbocycles. The summed E-state index contributed by atoms with van der Waals surface area (Å²) in [6.07, 6.45) is 1.96. The summed E-state index contributed by atoms with van der Waals surface area (Å²) in [5, 5.41) is 28.4. The standard InChI is InChI=1S/C17H14O8/c18-11-6-3-5-9-14(11)15(22)10(17(24)16(9)23)4-1-2-7-25-13(21)8-12(19)20/h1,3-6,18,22H,2,7-8H2,(H,19,20)/b4-1+. The minimum atomic E-state index is -1.31. The molecule has 8 heteroatoms. The number of aromatic hydroxyl groups is 1. The monoisotopic (exact) mass is 346 g/mol. The highest BCUT2D eigenvalue weighted by Gasteiger charge is 2.33. The first-order valence-corrected chi connectivity index (χ1v) is 7.21. The number of hydrogen-bond acceptors (Lipinski definition) is 7. The van der Waals surface area contributed by atoms with Gasteiger partial charge in [-0.2, -0.15) is 0 Å². The van der Waals surface area contributed by atoms with Gasteiger partial charge < -0.3 is 20.1 Å². The average Bonchev–Trinajstić information content (AvgIpc) is 2.54. The van der Waals surface area contributed by atoms with Crippen molar-refractivity contribution in [1.29, 1.82) is 0 Å². The van der Waals surface area contributed by atoms with Crippen LogP contribution in [-0.2, 0) is 19.1 Å². The summed E-state index contributed by atoms with van der Waals surface area (Å²) in [5.74, 6) is -4.82. The molecule has 1 aliphatic rings. The molecule has 0 amide bonds. The predicted molar refractivity (Wildman–Crippen MR) is 84.0 cm³/mol. The Balaban J connectivity index is 2.11. The maximum Gasteiger partial charge on any atom is 0.317 e. The Kier molecular flexibility index (Phi) is 5.33. The van der Waals surface area contributed by atoms with Crippen molar-refractivity contribution >= 4 is 29.3 Å². The molecule has 8 nitrogen and oxygen atoms in total. The van der Waals surface area contributed by atoms with Crippen LogP contribution in [0.25, 0.3) is 5.76 Å². The fraction of sp³-hybridized carbons (Fsp3) is 0.176. The number of phenolic OH excluding ortho intramolecular Hbond substituents is 1. The lowest BCUT2D eigenvalue weighted by Crippen LogP contribution is -2.23. The Morgan fingerprint density at radius 2 is 1.84 bits per heavy atom. The van der Waals surface area contributed by atoms with E-state index in [-0.39, 0.29) is 35.5 Å². The first-order valence-electron chi connectivity index (χ1n) is 7.21. The summed E-state index contributed by atoms with van der Waals surface area (Å²) in [7, 11) is 0. The van der Waals surface area contributed by atoms with Crippen molar-refractivity contribution in [1.82, 2.24) is 0 Å². The maximum atomic E-state index is 12.1. The molecule has 1 aliphatic carbocycles. The van der Waals surface area contributed by atoms with Gasteiger partial charge in [-0.3, -0.25) is 19.2 Å². The molecule has 2 rings (SSSR count). The zero-order valence-electron chi connectivity index (χ0n) is 12.9. The molecule has 0 radical (unpaired) electrons. The SMILES string of the molecule is O=C(O)CC(=O)OCC/C=C/C1=C(O)c2c(O)cccc2C(=O)C1=O. The number of carbonyl (C=O) groups excluding carboxylic acids is 3. The molecular formula is C17H14O8. The molecule has 0 aliphatic heterocycles. The number of carboxylic acid groups (broad SMARTS) is 1. The van der Waals surface area contributed by atoms with Crippen LogP contribution < -0.4 is 0 Å². The number of phenols is 1. The van der Waals surface area contributed by atoms with Crippen molar-refractivity contribution in [3.8, 4) is 5.75 Å². The number of aliphatic hydroxyl groups excluding tert-OH is 1. The molecule has 0 spiro atoms. The quantitative estimate of drug-likeness (QED) is 0.304. The molecule has 0 bridgehead atoms. The van der Waals surface area contributed by atoms with E-state index in [9.17, 15) is 29.4 Å². The highest BCUT2D eigenvalue weighted by atomic mass is 16.5. The third kappa shape index (κ3) is 3.92. The lowest BCUT2D eigenvalue weighted by Gasteiger charge is -2.16. The molecule has 0 aromatic heterocycles. The van der Waals surface area contributed by atoms with Gasteiger partial charge in [0.15, 0.2) is 0 Å². The number of hydrogen-bond donors (Lipinski definition) is 3. The van der Waals surface area contributed by atoms with E-state index < -0.39 is 35.7 Å². The van der Waals surface area contributed by atoms with Crippen molar-refractivity contribution in [2.24, 2.45) is 0 Å². The zero-order valence-corrected chi connectivity index (χ0v) is 12.9. The van der Waals surface area contributed by atoms with Gasteiger partial charge in [0.2, 0.25) is 11.6 Å². The zero-order chi connectivity index (χ0) is 18.6. The number of aliphatic carboxylic acids is 1. The topological polar surface area (TPSA) is 138 Å². The molecule has 0 saturated carbocycles. The van der Waals surface area contributed by atoms with Gasteiger partial charge in [-0.15, -0.1) is 0 Å². The summed E-state index contributed by atoms with van der Waals surface area (Å²) in [5.41, 5.74) is -0.474. The molecule has 0 heterocycles. The number of ketones is 2. The number of esters is 1. The minimum absolute atomic E-state index is 0.0812. The predicted octanol–water partition coefficient (Wildman–Crippen LogP) is 1.39. The number of carbonyl (C=O) groups is 4. The van der Waals surface area contributed by atoms with Crippen LogP contribution in [0.2, 0.25) is 0 Å². The maximum absolute atomic E-state index is 12.1. The van der Waals surface area contributed by atoms with Gasteiger partial charge in [0.05, 0.1) is 17.7 Å². The number of Topliss-reactive ketones (excluding diaryl/α,β-unsaturated/α-hetero) is 2. The normalized spacial score (nSPS) is 13.9. The Labute approximate surface area is 141 Å². The lowest BCUT2D eigenvalue weighted by atomic mass is 9.87. The molecule has 0 saturated heterocycles. The molecule has 3 N–H and O–H groups in total. The van der Waals surface area contributed by atoms with Crippen molar-refractivity contribution in [3.05, 3.63) is 47.1 Å². The highest BCUT2D eigenvalue weighted by Crippen LogP contribution is 2.34. The van der Waals surface area contributed by atoms with E-state index in [2.05, 4.69) is 4.74 Å². The van der Waals surface area contributed by atoms with Gasteiger partial charge >= 0.3 is 11.9 Å². The van der Waals surface area contributed by atoms with Crippen LogP contribution in [0.1, 0.15) is 28.8 Å². The van der Waals surface area contributed by atoms with Gasteiger partial charge in [0, 0.05) is 5.56 Å². The number of aliphatic hydroxyl groups is 1. The van der Waals surface area contributed by atoms with Crippen molar-refractivity contribution in [2.45, 2.75) is 12.8 Å². The smallest absolute Gasteiger partial charge is 0.317 e. The van der Waals surface area contributed by atoms with Crippen LogP contribution in [0.3, 0.4) is 0 Å². The minimum Gasteiger partial charge on any atom is -0.507 e. The second kappa shape index (κ2) is 7.43. The Hall–Kier alpha value is -3.42. The highest BCUT2D eigenvalue weighted by molar-refractivity contribution is 6.53. The fourth-order valence-electron chi connectivity index (χ4n) is 2.24. The van der Waals surface area contributed by atoms with E-state index in [0.29, 0.717) is 0 Å². The van der Waals surface area contributed by atoms with Gasteiger partial charge in [0.1, 0.15) is 17.9 Å². The Bertz CT molecular complexity index is 816. The first kappa shape index (κ1) is 17.9. The molecule has 0 unspecified atom stereocenters. The third-order valence-corrected chi connectivity index (χ3v) is 3.36.